The second-order valence-corrected chi connectivity index (χ2v) is 12.2. The summed E-state index contributed by atoms with van der Waals surface area (Å²) in [6.45, 7) is 0. The lowest BCUT2D eigenvalue weighted by Crippen LogP contribution is -3.85. The van der Waals surface area contributed by atoms with E-state index in [1.165, 1.54) is 13.2 Å². The molecule has 0 saturated carbocycles. The molecule has 0 aromatic heterocycles. The SMILES string of the molecule is COc1ccc([I+](OS(=O)(=O)c2ccccc2C(F)(F)F)c2ccccc2)cc1. The Bertz CT molecular complexity index is 1070. The molecule has 0 atom stereocenters. The summed E-state index contributed by atoms with van der Waals surface area (Å²) in [5, 5.41) is 0. The Morgan fingerprint density at radius 2 is 1.34 bits per heavy atom. The van der Waals surface area contributed by atoms with Crippen LogP contribution in [0.1, 0.15) is 5.56 Å². The molecule has 4 nitrogen and oxygen atoms in total. The maximum absolute atomic E-state index is 13.3. The van der Waals surface area contributed by atoms with Gasteiger partial charge >= 0.3 is 36.5 Å². The molecular formula is C20H16F3IO4S+. The molecule has 9 heteroatoms. The Labute approximate surface area is 174 Å². The van der Waals surface area contributed by atoms with Crippen LogP contribution < -0.4 is 25.0 Å². The standard InChI is InChI=1S/C20H16F3IO4S/c1-27-17-13-11-16(12-14-17)24(15-7-3-2-4-8-15)28-29(25,26)19-10-6-5-9-18(19)20(21,22)23/h2-14H,1H3/q+1. The van der Waals surface area contributed by atoms with Crippen molar-refractivity contribution in [2.75, 3.05) is 7.11 Å². The number of ether oxygens (including phenoxy) is 1. The molecule has 0 aliphatic carbocycles. The first-order valence-corrected chi connectivity index (χ1v) is 12.7. The lowest BCUT2D eigenvalue weighted by molar-refractivity contribution is -1.03. The predicted octanol–water partition coefficient (Wildman–Crippen LogP) is 1.70. The fraction of sp³-hybridized carbons (Fsp3) is 0.100. The van der Waals surface area contributed by atoms with Crippen LogP contribution in [0.25, 0.3) is 0 Å². The van der Waals surface area contributed by atoms with Crippen LogP contribution in [0.5, 0.6) is 5.75 Å². The highest BCUT2D eigenvalue weighted by Gasteiger charge is 2.42. The summed E-state index contributed by atoms with van der Waals surface area (Å²) < 4.78 is 77.6. The van der Waals surface area contributed by atoms with E-state index in [2.05, 4.69) is 0 Å². The smallest absolute Gasteiger partial charge is 0.417 e. The van der Waals surface area contributed by atoms with Crippen molar-refractivity contribution in [2.45, 2.75) is 11.1 Å². The normalized spacial score (nSPS) is 12.2. The van der Waals surface area contributed by atoms with Gasteiger partial charge in [0.05, 0.1) is 12.7 Å². The molecule has 0 aliphatic heterocycles. The van der Waals surface area contributed by atoms with Crippen molar-refractivity contribution in [1.29, 1.82) is 0 Å². The number of hydrogen-bond donors (Lipinski definition) is 0. The van der Waals surface area contributed by atoms with Crippen LogP contribution >= 0.6 is 0 Å². The largest absolute Gasteiger partial charge is 0.497 e. The summed E-state index contributed by atoms with van der Waals surface area (Å²) in [5.41, 5.74) is -1.25. The minimum absolute atomic E-state index is 0.572. The summed E-state index contributed by atoms with van der Waals surface area (Å²) in [6, 6.07) is 19.3. The van der Waals surface area contributed by atoms with Gasteiger partial charge in [-0.1, -0.05) is 30.3 Å². The molecule has 0 N–H and O–H groups in total. The van der Waals surface area contributed by atoms with E-state index in [9.17, 15) is 21.6 Å². The van der Waals surface area contributed by atoms with Gasteiger partial charge in [-0.05, 0) is 51.0 Å². The number of benzene rings is 3. The molecule has 3 aromatic rings. The fourth-order valence-corrected chi connectivity index (χ4v) is 9.57. The first-order valence-electron chi connectivity index (χ1n) is 8.23. The number of alkyl halides is 3. The minimum atomic E-state index is -4.82. The first kappa shape index (κ1) is 21.6. The Morgan fingerprint density at radius 3 is 1.93 bits per heavy atom. The van der Waals surface area contributed by atoms with Crippen molar-refractivity contribution in [3.63, 3.8) is 0 Å². The zero-order chi connectivity index (χ0) is 21.1. The van der Waals surface area contributed by atoms with Gasteiger partial charge in [0.2, 0.25) is 0 Å². The Morgan fingerprint density at radius 1 is 0.793 bits per heavy atom. The van der Waals surface area contributed by atoms with Gasteiger partial charge in [0, 0.05) is 0 Å². The average Bonchev–Trinajstić information content (AvgIpc) is 2.72. The van der Waals surface area contributed by atoms with Gasteiger partial charge in [0.25, 0.3) is 0 Å². The first-order chi connectivity index (χ1) is 13.7. The molecule has 1 radical (unpaired) electrons. The summed E-state index contributed by atoms with van der Waals surface area (Å²) in [7, 11) is -3.17. The fourth-order valence-electron chi connectivity index (χ4n) is 2.45. The van der Waals surface area contributed by atoms with Crippen molar-refractivity contribution in [2.24, 2.45) is 0 Å². The third-order valence-electron chi connectivity index (χ3n) is 3.79. The zero-order valence-electron chi connectivity index (χ0n) is 15.1. The third-order valence-corrected chi connectivity index (χ3v) is 11.2. The molecule has 0 saturated heterocycles. The van der Waals surface area contributed by atoms with Crippen molar-refractivity contribution >= 4 is 10.1 Å². The van der Waals surface area contributed by atoms with Crippen molar-refractivity contribution < 1.29 is 49.1 Å². The second kappa shape index (κ2) is 8.72. The van der Waals surface area contributed by atoms with Crippen LogP contribution in [0.15, 0.2) is 83.8 Å². The summed E-state index contributed by atoms with van der Waals surface area (Å²) >= 11 is -3.08. The summed E-state index contributed by atoms with van der Waals surface area (Å²) in [6.07, 6.45) is -4.82. The van der Waals surface area contributed by atoms with Gasteiger partial charge in [0.1, 0.15) is 10.6 Å². The van der Waals surface area contributed by atoms with Crippen molar-refractivity contribution in [3.05, 3.63) is 91.6 Å². The van der Waals surface area contributed by atoms with Crippen molar-refractivity contribution in [3.8, 4) is 5.75 Å². The second-order valence-electron chi connectivity index (χ2n) is 5.71. The van der Waals surface area contributed by atoms with E-state index in [1.807, 2.05) is 0 Å². The quantitative estimate of drug-likeness (QED) is 0.451. The number of methoxy groups -OCH3 is 1. The van der Waals surface area contributed by atoms with E-state index in [1.54, 1.807) is 54.6 Å². The Balaban J connectivity index is 2.06. The molecular weight excluding hydrogens is 520 g/mol. The van der Waals surface area contributed by atoms with Crippen LogP contribution in [-0.2, 0) is 18.8 Å². The highest BCUT2D eigenvalue weighted by atomic mass is 127. The minimum Gasteiger partial charge on any atom is -0.497 e. The van der Waals surface area contributed by atoms with E-state index < -0.39 is 47.0 Å². The van der Waals surface area contributed by atoms with Crippen LogP contribution in [-0.4, -0.2) is 15.5 Å². The summed E-state index contributed by atoms with van der Waals surface area (Å²) in [4.78, 5) is -0.890. The van der Waals surface area contributed by atoms with Crippen molar-refractivity contribution in [1.82, 2.24) is 0 Å². The number of halogens is 4. The van der Waals surface area contributed by atoms with Crippen LogP contribution in [0.4, 0.5) is 13.2 Å². The van der Waals surface area contributed by atoms with E-state index >= 15 is 0 Å². The lowest BCUT2D eigenvalue weighted by atomic mass is 10.2. The highest BCUT2D eigenvalue weighted by Crippen LogP contribution is 2.34. The maximum Gasteiger partial charge on any atom is 0.417 e. The zero-order valence-corrected chi connectivity index (χ0v) is 18.0. The van der Waals surface area contributed by atoms with Crippen LogP contribution in [0.2, 0.25) is 0 Å². The van der Waals surface area contributed by atoms with Crippen LogP contribution in [0, 0.1) is 7.14 Å². The van der Waals surface area contributed by atoms with Gasteiger partial charge in [-0.2, -0.15) is 21.6 Å². The highest BCUT2D eigenvalue weighted by molar-refractivity contribution is 7.86. The molecule has 0 amide bonds. The van der Waals surface area contributed by atoms with E-state index in [0.717, 1.165) is 18.2 Å². The molecule has 29 heavy (non-hydrogen) atoms. The number of rotatable bonds is 6. The predicted molar refractivity (Wildman–Crippen MR) is 96.5 cm³/mol. The van der Waals surface area contributed by atoms with Gasteiger partial charge in [-0.15, -0.1) is 0 Å². The number of hydrogen-bond acceptors (Lipinski definition) is 4. The molecule has 0 aliphatic rings. The van der Waals surface area contributed by atoms with Gasteiger partial charge in [-0.25, -0.2) is 0 Å². The monoisotopic (exact) mass is 536 g/mol. The Hall–Kier alpha value is -2.11. The molecule has 0 fully saturated rings. The molecule has 0 heterocycles. The molecule has 0 unspecified atom stereocenters. The molecule has 153 valence electrons. The molecule has 0 spiro atoms. The van der Waals surface area contributed by atoms with E-state index in [4.69, 9.17) is 7.25 Å². The maximum atomic E-state index is 13.3. The Kier molecular flexibility index (Phi) is 6.49. The van der Waals surface area contributed by atoms with Gasteiger partial charge in [0.15, 0.2) is 7.14 Å². The molecule has 3 rings (SSSR count). The van der Waals surface area contributed by atoms with E-state index in [-0.39, 0.29) is 0 Å². The van der Waals surface area contributed by atoms with Gasteiger partial charge in [-0.3, -0.25) is 0 Å². The lowest BCUT2D eigenvalue weighted by Gasteiger charge is -2.12. The third kappa shape index (κ3) is 5.09. The summed E-state index contributed by atoms with van der Waals surface area (Å²) in [5.74, 6) is 0.572. The topological polar surface area (TPSA) is 52.6 Å². The molecule has 0 bridgehead atoms. The van der Waals surface area contributed by atoms with Crippen LogP contribution in [0.3, 0.4) is 0 Å². The molecule has 3 aromatic carbocycles. The van der Waals surface area contributed by atoms with Gasteiger partial charge < -0.3 is 4.74 Å². The average molecular weight is 536 g/mol. The van der Waals surface area contributed by atoms with E-state index in [0.29, 0.717) is 12.9 Å².